The van der Waals surface area contributed by atoms with Gasteiger partial charge in [-0.3, -0.25) is 38.5 Å². The van der Waals surface area contributed by atoms with E-state index in [2.05, 4.69) is 39.6 Å². The molecule has 0 aromatic heterocycles. The van der Waals surface area contributed by atoms with Gasteiger partial charge in [0.05, 0.1) is 36.6 Å². The van der Waals surface area contributed by atoms with Gasteiger partial charge in [0.2, 0.25) is 29.5 Å². The van der Waals surface area contributed by atoms with Crippen molar-refractivity contribution >= 4 is 53.0 Å². The summed E-state index contributed by atoms with van der Waals surface area (Å²) in [5.41, 5.74) is 2.19. The number of hydrogen-bond donors (Lipinski definition) is 3. The molecule has 18 heteroatoms. The number of carbonyl (C=O) groups is 7. The quantitative estimate of drug-likeness (QED) is 0.0832. The Hall–Kier alpha value is -6.14. The zero-order valence-electron chi connectivity index (χ0n) is 44.8. The van der Waals surface area contributed by atoms with E-state index in [9.17, 15) is 33.6 Å². The van der Waals surface area contributed by atoms with E-state index < -0.39 is 54.1 Å². The number of anilines is 1. The van der Waals surface area contributed by atoms with Crippen molar-refractivity contribution in [3.8, 4) is 0 Å². The summed E-state index contributed by atoms with van der Waals surface area (Å²) in [6.45, 7) is 12.6. The van der Waals surface area contributed by atoms with Gasteiger partial charge in [-0.05, 0) is 60.8 Å². The molecule has 3 heterocycles. The molecule has 3 aliphatic heterocycles. The first-order valence-electron chi connectivity index (χ1n) is 26.0. The van der Waals surface area contributed by atoms with Gasteiger partial charge in [0.1, 0.15) is 12.1 Å². The smallest absolute Gasteiger partial charge is 0.253 e. The van der Waals surface area contributed by atoms with Crippen LogP contribution in [0.15, 0.2) is 71.7 Å². The molecule has 3 N–H and O–H groups in total. The number of carbonyl (C=O) groups excluding carboxylic acids is 7. The molecule has 2 saturated heterocycles. The number of benzene rings is 2. The van der Waals surface area contributed by atoms with Crippen molar-refractivity contribution in [1.82, 2.24) is 35.1 Å². The summed E-state index contributed by atoms with van der Waals surface area (Å²) >= 11 is 0. The fourth-order valence-electron chi connectivity index (χ4n) is 10.1. The number of likely N-dealkylation sites (N-methyl/N-ethyl adjacent to an activating group) is 3. The van der Waals surface area contributed by atoms with Crippen LogP contribution in [-0.2, 0) is 56.0 Å². The van der Waals surface area contributed by atoms with Crippen molar-refractivity contribution in [2.75, 3.05) is 66.9 Å². The lowest BCUT2D eigenvalue weighted by Crippen LogP contribution is -2.55. The highest BCUT2D eigenvalue weighted by Gasteiger charge is 2.43. The predicted molar refractivity (Wildman–Crippen MR) is 281 cm³/mol. The van der Waals surface area contributed by atoms with Crippen LogP contribution >= 0.6 is 0 Å². The summed E-state index contributed by atoms with van der Waals surface area (Å²) < 4.78 is 12.2. The second-order valence-corrected chi connectivity index (χ2v) is 20.2. The summed E-state index contributed by atoms with van der Waals surface area (Å²) in [5, 5.41) is 8.88. The van der Waals surface area contributed by atoms with Crippen LogP contribution in [0, 0.1) is 17.8 Å². The summed E-state index contributed by atoms with van der Waals surface area (Å²) in [6.07, 6.45) is 5.80. The van der Waals surface area contributed by atoms with Gasteiger partial charge in [-0.1, -0.05) is 89.9 Å². The molecule has 3 aliphatic rings. The van der Waals surface area contributed by atoms with Gasteiger partial charge in [0.25, 0.3) is 11.8 Å². The molecule has 3 unspecified atom stereocenters. The molecule has 2 fully saturated rings. The lowest BCUT2D eigenvalue weighted by Gasteiger charge is -2.40. The largest absolute Gasteiger partial charge is 0.379 e. The van der Waals surface area contributed by atoms with Crippen molar-refractivity contribution in [3.63, 3.8) is 0 Å². The van der Waals surface area contributed by atoms with Gasteiger partial charge < -0.3 is 45.0 Å². The number of ether oxygens (including phenoxy) is 2. The third-order valence-electron chi connectivity index (χ3n) is 14.7. The highest BCUT2D eigenvalue weighted by molar-refractivity contribution is 6.12. The van der Waals surface area contributed by atoms with Crippen LogP contribution in [0.5, 0.6) is 0 Å². The lowest BCUT2D eigenvalue weighted by molar-refractivity contribution is -0.146. The summed E-state index contributed by atoms with van der Waals surface area (Å²) in [5.74, 6) is -1.86. The molecule has 0 spiro atoms. The van der Waals surface area contributed by atoms with Crippen LogP contribution in [-0.4, -0.2) is 170 Å². The average Bonchev–Trinajstić information content (AvgIpc) is 4.09. The van der Waals surface area contributed by atoms with E-state index in [1.54, 1.807) is 43.0 Å². The molecular formula is C55H81N9O9. The van der Waals surface area contributed by atoms with Crippen molar-refractivity contribution in [3.05, 3.63) is 77.9 Å². The Balaban J connectivity index is 1.20. The number of methoxy groups -OCH3 is 2. The van der Waals surface area contributed by atoms with Crippen molar-refractivity contribution < 1.29 is 43.0 Å². The first-order valence-corrected chi connectivity index (χ1v) is 26.0. The molecule has 2 aromatic carbocycles. The van der Waals surface area contributed by atoms with Gasteiger partial charge in [0.15, 0.2) is 5.96 Å². The molecule has 8 atom stereocenters. The van der Waals surface area contributed by atoms with Gasteiger partial charge in [-0.15, -0.1) is 0 Å². The van der Waals surface area contributed by atoms with E-state index in [0.29, 0.717) is 63.8 Å². The van der Waals surface area contributed by atoms with Gasteiger partial charge in [0, 0.05) is 98.8 Å². The van der Waals surface area contributed by atoms with E-state index in [1.807, 2.05) is 70.4 Å². The fourth-order valence-corrected chi connectivity index (χ4v) is 10.1. The lowest BCUT2D eigenvalue weighted by atomic mass is 9.89. The van der Waals surface area contributed by atoms with Gasteiger partial charge >= 0.3 is 0 Å². The van der Waals surface area contributed by atoms with Crippen molar-refractivity contribution in [1.29, 1.82) is 0 Å². The van der Waals surface area contributed by atoms with Crippen molar-refractivity contribution in [2.45, 2.75) is 135 Å². The van der Waals surface area contributed by atoms with Gasteiger partial charge in [-0.2, -0.15) is 0 Å². The Morgan fingerprint density at radius 2 is 1.48 bits per heavy atom. The highest BCUT2D eigenvalue weighted by Crippen LogP contribution is 2.30. The third kappa shape index (κ3) is 15.7. The maximum Gasteiger partial charge on any atom is 0.253 e. The number of unbranched alkanes of at least 4 members (excludes halogenated alkanes) is 2. The molecule has 73 heavy (non-hydrogen) atoms. The number of nitrogens with one attached hydrogen (secondary N) is 3. The van der Waals surface area contributed by atoms with Crippen LogP contribution in [0.25, 0.3) is 0 Å². The first-order chi connectivity index (χ1) is 34.9. The minimum Gasteiger partial charge on any atom is -0.379 e. The predicted octanol–water partition coefficient (Wildman–Crippen LogP) is 4.63. The Labute approximate surface area is 432 Å². The number of hydrogen-bond acceptors (Lipinski definition) is 10. The number of imide groups is 1. The Morgan fingerprint density at radius 1 is 0.822 bits per heavy atom. The molecule has 0 radical (unpaired) electrons. The minimum atomic E-state index is -0.954. The number of nitrogens with zero attached hydrogens (tertiary/aromatic N) is 6. The zero-order chi connectivity index (χ0) is 53.4. The van der Waals surface area contributed by atoms with E-state index in [0.717, 1.165) is 36.6 Å². The average molecular weight is 1010 g/mol. The Kier molecular flexibility index (Phi) is 22.0. The summed E-state index contributed by atoms with van der Waals surface area (Å²) in [4.78, 5) is 107. The monoisotopic (exact) mass is 1010 g/mol. The number of aliphatic imine (C=N–C) groups is 1. The minimum absolute atomic E-state index is 0.00372. The molecule has 18 nitrogen and oxygen atoms in total. The van der Waals surface area contributed by atoms with Crippen LogP contribution in [0.4, 0.5) is 5.69 Å². The second kappa shape index (κ2) is 27.8. The van der Waals surface area contributed by atoms with E-state index >= 15 is 0 Å². The number of likely N-dealkylation sites (tertiary alicyclic amines) is 1. The van der Waals surface area contributed by atoms with Gasteiger partial charge in [-0.25, -0.2) is 4.99 Å². The van der Waals surface area contributed by atoms with Crippen molar-refractivity contribution in [2.24, 2.45) is 22.7 Å². The molecule has 0 aliphatic carbocycles. The van der Waals surface area contributed by atoms with E-state index in [4.69, 9.17) is 14.5 Å². The summed E-state index contributed by atoms with van der Waals surface area (Å²) in [6, 6.07) is 14.1. The van der Waals surface area contributed by atoms with E-state index in [1.165, 1.54) is 24.2 Å². The maximum atomic E-state index is 14.5. The molecule has 7 amide bonds. The fraction of sp³-hybridized carbons (Fsp3) is 0.600. The van der Waals surface area contributed by atoms with Crippen LogP contribution in [0.2, 0.25) is 0 Å². The van der Waals surface area contributed by atoms with Crippen LogP contribution in [0.1, 0.15) is 97.1 Å². The zero-order valence-corrected chi connectivity index (χ0v) is 44.8. The second-order valence-electron chi connectivity index (χ2n) is 20.2. The highest BCUT2D eigenvalue weighted by atomic mass is 16.5. The molecule has 5 rings (SSSR count). The van der Waals surface area contributed by atoms with Crippen LogP contribution < -0.4 is 16.0 Å². The Bertz CT molecular complexity index is 2230. The Morgan fingerprint density at radius 3 is 2.08 bits per heavy atom. The third-order valence-corrected chi connectivity index (χ3v) is 14.7. The van der Waals surface area contributed by atoms with Crippen LogP contribution in [0.3, 0.4) is 0 Å². The molecular weight excluding hydrogens is 931 g/mol. The topological polar surface area (TPSA) is 203 Å². The number of guanidine groups is 1. The SMILES string of the molecule is CC[C@H](C)[C@@H]([C@@H](CC(=O)N1CCCC1[C@H](OC)[C@@H](C)C(=O)NC(Cc1ccccc1)C(=O)Nc1ccc(CNC(=O)CCCCCN2C(=O)C=CC2=O)cc1)OC)N(C)C(=O)C(N=C1N(C)CCN1C)C(C)C. The molecule has 400 valence electrons. The molecule has 2 aromatic rings. The summed E-state index contributed by atoms with van der Waals surface area (Å²) in [7, 11) is 8.87. The number of amides is 7. The number of rotatable bonds is 27. The first kappa shape index (κ1) is 57.8. The maximum absolute atomic E-state index is 14.5. The standard InChI is InChI=1S/C55H81N9O9/c1-11-37(4)50(62(8)54(71)49(36(2)3)59-55-60(6)31-32-61(55)7)44(72-9)34-48(68)63-30-18-21-43(63)51(73-10)38(5)52(69)58-42(33-39-19-14-12-15-20-39)53(70)57-41-25-23-40(24-26-41)35-56-45(65)22-16-13-17-29-64-46(66)27-28-47(64)67/h12,14-15,19-20,23-28,36-38,42-44,49-51H,11,13,16-18,21-22,29-35H2,1-10H3,(H,56,65)(H,57,70)(H,58,69)/t37-,38+,42?,43?,44+,49?,50-,51+/m0/s1. The molecule has 0 saturated carbocycles. The normalized spacial score (nSPS) is 18.6. The van der Waals surface area contributed by atoms with E-state index in [-0.39, 0.29) is 54.2 Å². The molecule has 0 bridgehead atoms.